The number of halogens is 3. The predicted molar refractivity (Wildman–Crippen MR) is 98.3 cm³/mol. The Morgan fingerprint density at radius 2 is 1.00 bits per heavy atom. The maximum Gasteiger partial charge on any atom is 0.194 e. The SMILES string of the molecule is Fc1cc(CCC2CCC(C3CCC(C4CC4)CC3)CC2)cc(F)c1F. The third-order valence-electron chi connectivity index (χ3n) is 7.55. The fraction of sp³-hybridized carbons (Fsp3) is 0.739. The van der Waals surface area contributed by atoms with Crippen molar-refractivity contribution in [3.63, 3.8) is 0 Å². The molecule has 0 amide bonds. The summed E-state index contributed by atoms with van der Waals surface area (Å²) in [6, 6.07) is 2.31. The molecule has 0 bridgehead atoms. The van der Waals surface area contributed by atoms with Crippen molar-refractivity contribution in [1.29, 1.82) is 0 Å². The van der Waals surface area contributed by atoms with Gasteiger partial charge in [0, 0.05) is 0 Å². The Morgan fingerprint density at radius 3 is 1.42 bits per heavy atom. The lowest BCUT2D eigenvalue weighted by atomic mass is 9.68. The topological polar surface area (TPSA) is 0 Å². The highest BCUT2D eigenvalue weighted by Gasteiger charge is 2.36. The second-order valence-corrected chi connectivity index (χ2v) is 9.21. The van der Waals surface area contributed by atoms with Crippen LogP contribution in [0.15, 0.2) is 12.1 Å². The van der Waals surface area contributed by atoms with E-state index in [4.69, 9.17) is 0 Å². The van der Waals surface area contributed by atoms with Gasteiger partial charge in [0.15, 0.2) is 17.5 Å². The van der Waals surface area contributed by atoms with Crippen LogP contribution in [-0.2, 0) is 6.42 Å². The first-order valence-corrected chi connectivity index (χ1v) is 10.7. The highest BCUT2D eigenvalue weighted by Crippen LogP contribution is 2.48. The quantitative estimate of drug-likeness (QED) is 0.491. The van der Waals surface area contributed by atoms with Crippen molar-refractivity contribution >= 4 is 0 Å². The summed E-state index contributed by atoms with van der Waals surface area (Å²) < 4.78 is 39.7. The Labute approximate surface area is 155 Å². The van der Waals surface area contributed by atoms with Crippen LogP contribution in [0.3, 0.4) is 0 Å². The molecular weight excluding hydrogens is 333 g/mol. The van der Waals surface area contributed by atoms with E-state index in [1.54, 1.807) is 0 Å². The Balaban J connectivity index is 1.20. The van der Waals surface area contributed by atoms with Gasteiger partial charge in [0.05, 0.1) is 0 Å². The molecule has 3 heteroatoms. The Morgan fingerprint density at radius 1 is 0.615 bits per heavy atom. The zero-order valence-electron chi connectivity index (χ0n) is 15.7. The fourth-order valence-corrected chi connectivity index (χ4v) is 5.73. The van der Waals surface area contributed by atoms with E-state index in [2.05, 4.69) is 0 Å². The lowest BCUT2D eigenvalue weighted by molar-refractivity contribution is 0.138. The van der Waals surface area contributed by atoms with Crippen LogP contribution in [0.5, 0.6) is 0 Å². The summed E-state index contributed by atoms with van der Waals surface area (Å²) in [5.41, 5.74) is 0.585. The molecule has 3 fully saturated rings. The molecular formula is C23H31F3. The molecule has 3 saturated carbocycles. The average Bonchev–Trinajstić information content (AvgIpc) is 3.50. The molecule has 144 valence electrons. The molecule has 4 rings (SSSR count). The molecule has 0 atom stereocenters. The molecule has 1 aromatic carbocycles. The summed E-state index contributed by atoms with van der Waals surface area (Å²) in [4.78, 5) is 0. The fourth-order valence-electron chi connectivity index (χ4n) is 5.73. The minimum atomic E-state index is -1.36. The van der Waals surface area contributed by atoms with Crippen LogP contribution in [0.2, 0.25) is 0 Å². The molecule has 3 aliphatic rings. The summed E-state index contributed by atoms with van der Waals surface area (Å²) in [5, 5.41) is 0. The van der Waals surface area contributed by atoms with Crippen molar-refractivity contribution in [2.24, 2.45) is 29.6 Å². The van der Waals surface area contributed by atoms with Gasteiger partial charge in [-0.1, -0.05) is 12.8 Å². The molecule has 0 aromatic heterocycles. The minimum Gasteiger partial charge on any atom is -0.204 e. The molecule has 0 N–H and O–H groups in total. The van der Waals surface area contributed by atoms with E-state index < -0.39 is 17.5 Å². The summed E-state index contributed by atoms with van der Waals surface area (Å²) in [6.45, 7) is 0. The smallest absolute Gasteiger partial charge is 0.194 e. The van der Waals surface area contributed by atoms with Gasteiger partial charge in [-0.05, 0) is 111 Å². The number of benzene rings is 1. The van der Waals surface area contributed by atoms with Crippen LogP contribution in [0.1, 0.15) is 76.2 Å². The first-order chi connectivity index (χ1) is 12.6. The number of hydrogen-bond acceptors (Lipinski definition) is 0. The molecule has 1 aromatic rings. The molecule has 0 nitrogen and oxygen atoms in total. The second-order valence-electron chi connectivity index (χ2n) is 9.21. The van der Waals surface area contributed by atoms with Crippen molar-refractivity contribution in [3.05, 3.63) is 35.1 Å². The van der Waals surface area contributed by atoms with E-state index in [9.17, 15) is 13.2 Å². The van der Waals surface area contributed by atoms with Crippen molar-refractivity contribution in [2.75, 3.05) is 0 Å². The first-order valence-electron chi connectivity index (χ1n) is 10.7. The van der Waals surface area contributed by atoms with E-state index >= 15 is 0 Å². The van der Waals surface area contributed by atoms with Crippen LogP contribution in [-0.4, -0.2) is 0 Å². The van der Waals surface area contributed by atoms with Crippen LogP contribution in [0.25, 0.3) is 0 Å². The van der Waals surface area contributed by atoms with Crippen molar-refractivity contribution in [2.45, 2.75) is 77.0 Å². The standard InChI is InChI=1S/C23H31F3/c24-21-13-16(14-22(25)23(21)26)2-1-15-3-5-17(6-4-15)18-7-9-19(10-8-18)20-11-12-20/h13-15,17-20H,1-12H2. The van der Waals surface area contributed by atoms with Gasteiger partial charge in [0.25, 0.3) is 0 Å². The lowest BCUT2D eigenvalue weighted by Gasteiger charge is -2.38. The van der Waals surface area contributed by atoms with E-state index in [0.717, 1.165) is 42.2 Å². The maximum atomic E-state index is 13.3. The number of hydrogen-bond donors (Lipinski definition) is 0. The molecule has 0 aliphatic heterocycles. The van der Waals surface area contributed by atoms with E-state index in [1.807, 2.05) is 0 Å². The number of rotatable bonds is 5. The molecule has 0 radical (unpaired) electrons. The van der Waals surface area contributed by atoms with E-state index in [-0.39, 0.29) is 0 Å². The Bertz CT molecular complexity index is 583. The Hall–Kier alpha value is -0.990. The van der Waals surface area contributed by atoms with Crippen molar-refractivity contribution in [3.8, 4) is 0 Å². The van der Waals surface area contributed by atoms with Gasteiger partial charge in [-0.3, -0.25) is 0 Å². The largest absolute Gasteiger partial charge is 0.204 e. The molecule has 26 heavy (non-hydrogen) atoms. The van der Waals surface area contributed by atoms with Crippen molar-refractivity contribution < 1.29 is 13.2 Å². The molecule has 0 spiro atoms. The monoisotopic (exact) mass is 364 g/mol. The highest BCUT2D eigenvalue weighted by molar-refractivity contribution is 5.19. The summed E-state index contributed by atoms with van der Waals surface area (Å²) in [7, 11) is 0. The minimum absolute atomic E-state index is 0.585. The van der Waals surface area contributed by atoms with Gasteiger partial charge in [-0.2, -0.15) is 0 Å². The van der Waals surface area contributed by atoms with E-state index in [1.165, 1.54) is 64.2 Å². The molecule has 0 saturated heterocycles. The predicted octanol–water partition coefficient (Wildman–Crippen LogP) is 7.06. The maximum absolute atomic E-state index is 13.3. The van der Waals surface area contributed by atoms with Gasteiger partial charge in [-0.25, -0.2) is 13.2 Å². The summed E-state index contributed by atoms with van der Waals surface area (Å²) in [5.74, 6) is 1.15. The van der Waals surface area contributed by atoms with Gasteiger partial charge in [0.1, 0.15) is 0 Å². The lowest BCUT2D eigenvalue weighted by Crippen LogP contribution is -2.26. The van der Waals surface area contributed by atoms with Gasteiger partial charge in [-0.15, -0.1) is 0 Å². The van der Waals surface area contributed by atoms with Crippen LogP contribution in [0, 0.1) is 47.0 Å². The third kappa shape index (κ3) is 4.28. The van der Waals surface area contributed by atoms with E-state index in [0.29, 0.717) is 17.9 Å². The molecule has 0 unspecified atom stereocenters. The van der Waals surface area contributed by atoms with Gasteiger partial charge in [0.2, 0.25) is 0 Å². The Kier molecular flexibility index (Phi) is 5.61. The molecule has 0 heterocycles. The first kappa shape index (κ1) is 18.4. The molecule has 3 aliphatic carbocycles. The van der Waals surface area contributed by atoms with Gasteiger partial charge < -0.3 is 0 Å². The van der Waals surface area contributed by atoms with Crippen LogP contribution in [0.4, 0.5) is 13.2 Å². The normalized spacial score (nSPS) is 32.6. The van der Waals surface area contributed by atoms with Crippen molar-refractivity contribution in [1.82, 2.24) is 0 Å². The van der Waals surface area contributed by atoms with Crippen LogP contribution < -0.4 is 0 Å². The zero-order chi connectivity index (χ0) is 18.1. The highest BCUT2D eigenvalue weighted by atomic mass is 19.2. The third-order valence-corrected chi connectivity index (χ3v) is 7.55. The summed E-state index contributed by atoms with van der Waals surface area (Å²) in [6.07, 6.45) is 15.6. The average molecular weight is 364 g/mol. The van der Waals surface area contributed by atoms with Crippen LogP contribution >= 0.6 is 0 Å². The second kappa shape index (κ2) is 7.94. The number of aryl methyl sites for hydroxylation is 1. The zero-order valence-corrected chi connectivity index (χ0v) is 15.7. The van der Waals surface area contributed by atoms with Gasteiger partial charge >= 0.3 is 0 Å². The summed E-state index contributed by atoms with van der Waals surface area (Å²) >= 11 is 0.